The van der Waals surface area contributed by atoms with Crippen molar-refractivity contribution in [1.29, 1.82) is 0 Å². The van der Waals surface area contributed by atoms with Crippen LogP contribution in [0.3, 0.4) is 0 Å². The summed E-state index contributed by atoms with van der Waals surface area (Å²) in [6, 6.07) is 1.93. The smallest absolute Gasteiger partial charge is 0.135 e. The van der Waals surface area contributed by atoms with Gasteiger partial charge in [0.1, 0.15) is 17.5 Å². The quantitative estimate of drug-likeness (QED) is 0.760. The molecule has 19 heavy (non-hydrogen) atoms. The van der Waals surface area contributed by atoms with Gasteiger partial charge in [0.05, 0.1) is 6.10 Å². The van der Waals surface area contributed by atoms with Crippen molar-refractivity contribution in [2.45, 2.75) is 45.1 Å². The van der Waals surface area contributed by atoms with Crippen molar-refractivity contribution in [3.8, 4) is 0 Å². The monoisotopic (exact) mass is 264 g/mol. The molecule has 5 heteroatoms. The fourth-order valence-electron chi connectivity index (χ4n) is 2.43. The molecule has 0 saturated heterocycles. The lowest BCUT2D eigenvalue weighted by Gasteiger charge is -2.14. The second-order valence-corrected chi connectivity index (χ2v) is 5.62. The first kappa shape index (κ1) is 14.1. The van der Waals surface area contributed by atoms with E-state index in [1.165, 1.54) is 0 Å². The lowest BCUT2D eigenvalue weighted by molar-refractivity contribution is 0.178. The average molecular weight is 264 g/mol. The fourth-order valence-corrected chi connectivity index (χ4v) is 2.43. The van der Waals surface area contributed by atoms with E-state index in [2.05, 4.69) is 34.4 Å². The predicted molar refractivity (Wildman–Crippen MR) is 77.5 cm³/mol. The molecule has 106 valence electrons. The van der Waals surface area contributed by atoms with Crippen molar-refractivity contribution in [1.82, 2.24) is 9.97 Å². The maximum atomic E-state index is 9.53. The molecule has 2 rings (SSSR count). The zero-order valence-corrected chi connectivity index (χ0v) is 12.0. The first-order valence-corrected chi connectivity index (χ1v) is 7.07. The number of hydrogen-bond acceptors (Lipinski definition) is 5. The Morgan fingerprint density at radius 1 is 1.32 bits per heavy atom. The summed E-state index contributed by atoms with van der Waals surface area (Å²) in [6.45, 7) is 5.05. The Bertz CT molecular complexity index is 422. The van der Waals surface area contributed by atoms with E-state index in [0.29, 0.717) is 11.8 Å². The topological polar surface area (TPSA) is 70.1 Å². The van der Waals surface area contributed by atoms with E-state index in [1.54, 1.807) is 0 Å². The van der Waals surface area contributed by atoms with E-state index in [9.17, 15) is 5.11 Å². The van der Waals surface area contributed by atoms with E-state index < -0.39 is 0 Å². The van der Waals surface area contributed by atoms with Crippen LogP contribution in [0.2, 0.25) is 0 Å². The van der Waals surface area contributed by atoms with Gasteiger partial charge in [-0.3, -0.25) is 0 Å². The van der Waals surface area contributed by atoms with Gasteiger partial charge in [0.15, 0.2) is 0 Å². The first-order valence-electron chi connectivity index (χ1n) is 7.07. The molecule has 2 unspecified atom stereocenters. The Morgan fingerprint density at radius 3 is 2.63 bits per heavy atom. The Balaban J connectivity index is 2.00. The van der Waals surface area contributed by atoms with Gasteiger partial charge in [-0.15, -0.1) is 0 Å². The maximum Gasteiger partial charge on any atom is 0.135 e. The van der Waals surface area contributed by atoms with E-state index in [-0.39, 0.29) is 6.10 Å². The van der Waals surface area contributed by atoms with Gasteiger partial charge in [0, 0.05) is 25.6 Å². The standard InChI is InChI=1S/C14H24N4O/c1-9(2)14-17-12(15-3)7-13(18-14)16-8-10-4-5-11(19)6-10/h7,9-11,19H,4-6,8H2,1-3H3,(H2,15,16,17,18). The summed E-state index contributed by atoms with van der Waals surface area (Å²) in [5.74, 6) is 3.41. The molecular formula is C14H24N4O. The van der Waals surface area contributed by atoms with Crippen molar-refractivity contribution < 1.29 is 5.11 Å². The summed E-state index contributed by atoms with van der Waals surface area (Å²) in [6.07, 6.45) is 2.80. The van der Waals surface area contributed by atoms with Crippen LogP contribution in [0.25, 0.3) is 0 Å². The molecule has 1 aromatic rings. The van der Waals surface area contributed by atoms with Crippen LogP contribution in [0.4, 0.5) is 11.6 Å². The summed E-state index contributed by atoms with van der Waals surface area (Å²) in [4.78, 5) is 8.98. The van der Waals surface area contributed by atoms with Crippen LogP contribution < -0.4 is 10.6 Å². The van der Waals surface area contributed by atoms with Crippen molar-refractivity contribution >= 4 is 11.6 Å². The number of hydrogen-bond donors (Lipinski definition) is 3. The summed E-state index contributed by atoms with van der Waals surface area (Å²) in [5, 5.41) is 16.0. The van der Waals surface area contributed by atoms with Gasteiger partial charge in [-0.25, -0.2) is 9.97 Å². The normalized spacial score (nSPS) is 22.8. The van der Waals surface area contributed by atoms with Gasteiger partial charge < -0.3 is 15.7 Å². The van der Waals surface area contributed by atoms with Crippen LogP contribution in [0.5, 0.6) is 0 Å². The second kappa shape index (κ2) is 6.19. The Kier molecular flexibility index (Phi) is 4.58. The number of aromatic nitrogens is 2. The number of nitrogens with zero attached hydrogens (tertiary/aromatic N) is 2. The van der Waals surface area contributed by atoms with Gasteiger partial charge >= 0.3 is 0 Å². The summed E-state index contributed by atoms with van der Waals surface area (Å²) in [7, 11) is 1.86. The third-order valence-electron chi connectivity index (χ3n) is 3.60. The predicted octanol–water partition coefficient (Wildman–Crippen LogP) is 2.21. The van der Waals surface area contributed by atoms with Gasteiger partial charge in [-0.2, -0.15) is 0 Å². The number of aliphatic hydroxyl groups excluding tert-OH is 1. The number of aliphatic hydroxyl groups is 1. The molecule has 3 N–H and O–H groups in total. The molecule has 1 fully saturated rings. The summed E-state index contributed by atoms with van der Waals surface area (Å²) in [5.41, 5.74) is 0. The van der Waals surface area contributed by atoms with Gasteiger partial charge in [-0.05, 0) is 25.2 Å². The van der Waals surface area contributed by atoms with Crippen molar-refractivity contribution in [2.75, 3.05) is 24.2 Å². The Labute approximate surface area is 114 Å². The van der Waals surface area contributed by atoms with Crippen LogP contribution in [0.1, 0.15) is 44.9 Å². The van der Waals surface area contributed by atoms with Crippen LogP contribution in [0, 0.1) is 5.92 Å². The lowest BCUT2D eigenvalue weighted by Crippen LogP contribution is -2.14. The molecule has 1 aliphatic carbocycles. The van der Waals surface area contributed by atoms with Crippen LogP contribution in [0.15, 0.2) is 6.07 Å². The maximum absolute atomic E-state index is 9.53. The first-order chi connectivity index (χ1) is 9.08. The molecule has 2 atom stereocenters. The summed E-state index contributed by atoms with van der Waals surface area (Å²) < 4.78 is 0. The molecule has 1 aromatic heterocycles. The zero-order valence-electron chi connectivity index (χ0n) is 12.0. The largest absolute Gasteiger partial charge is 0.393 e. The molecule has 0 spiro atoms. The minimum atomic E-state index is -0.115. The molecule has 0 aliphatic heterocycles. The van der Waals surface area contributed by atoms with Crippen molar-refractivity contribution in [3.63, 3.8) is 0 Å². The molecule has 1 aliphatic rings. The van der Waals surface area contributed by atoms with Crippen LogP contribution >= 0.6 is 0 Å². The average Bonchev–Trinajstić information content (AvgIpc) is 2.81. The van der Waals surface area contributed by atoms with Gasteiger partial charge in [0.2, 0.25) is 0 Å². The molecule has 0 bridgehead atoms. The summed E-state index contributed by atoms with van der Waals surface area (Å²) >= 11 is 0. The van der Waals surface area contributed by atoms with Crippen molar-refractivity contribution in [3.05, 3.63) is 11.9 Å². The highest BCUT2D eigenvalue weighted by Gasteiger charge is 2.22. The molecule has 5 nitrogen and oxygen atoms in total. The zero-order chi connectivity index (χ0) is 13.8. The molecular weight excluding hydrogens is 240 g/mol. The van der Waals surface area contributed by atoms with Gasteiger partial charge in [-0.1, -0.05) is 13.8 Å². The van der Waals surface area contributed by atoms with Crippen LogP contribution in [-0.4, -0.2) is 34.8 Å². The van der Waals surface area contributed by atoms with Crippen molar-refractivity contribution in [2.24, 2.45) is 5.92 Å². The molecule has 0 radical (unpaired) electrons. The second-order valence-electron chi connectivity index (χ2n) is 5.62. The molecule has 0 aromatic carbocycles. The third kappa shape index (κ3) is 3.80. The van der Waals surface area contributed by atoms with Gasteiger partial charge in [0.25, 0.3) is 0 Å². The molecule has 1 heterocycles. The minimum Gasteiger partial charge on any atom is -0.393 e. The lowest BCUT2D eigenvalue weighted by atomic mass is 10.1. The Morgan fingerprint density at radius 2 is 2.05 bits per heavy atom. The van der Waals surface area contributed by atoms with E-state index in [4.69, 9.17) is 0 Å². The SMILES string of the molecule is CNc1cc(NCC2CCC(O)C2)nc(C(C)C)n1. The third-order valence-corrected chi connectivity index (χ3v) is 3.60. The highest BCUT2D eigenvalue weighted by Crippen LogP contribution is 2.26. The van der Waals surface area contributed by atoms with Crippen LogP contribution in [-0.2, 0) is 0 Å². The van der Waals surface area contributed by atoms with E-state index >= 15 is 0 Å². The number of nitrogens with one attached hydrogen (secondary N) is 2. The molecule has 0 amide bonds. The fraction of sp³-hybridized carbons (Fsp3) is 0.714. The molecule has 1 saturated carbocycles. The Hall–Kier alpha value is -1.36. The number of anilines is 2. The minimum absolute atomic E-state index is 0.115. The highest BCUT2D eigenvalue weighted by molar-refractivity contribution is 5.47. The highest BCUT2D eigenvalue weighted by atomic mass is 16.3. The van der Waals surface area contributed by atoms with E-state index in [1.807, 2.05) is 13.1 Å². The van der Waals surface area contributed by atoms with E-state index in [0.717, 1.165) is 43.3 Å². The number of rotatable bonds is 5.